The molecule has 1 rings (SSSR count). The maximum absolute atomic E-state index is 12.8. The van der Waals surface area contributed by atoms with Gasteiger partial charge >= 0.3 is 19.8 Å². The Morgan fingerprint density at radius 3 is 1.61 bits per heavy atom. The molecule has 0 aliphatic heterocycles. The third-order valence-corrected chi connectivity index (χ3v) is 11.2. The molecule has 0 radical (unpaired) electrons. The smallest absolute Gasteiger partial charge is 0.462 e. The van der Waals surface area contributed by atoms with Crippen LogP contribution in [0.3, 0.4) is 0 Å². The van der Waals surface area contributed by atoms with Gasteiger partial charge in [-0.2, -0.15) is 0 Å². The molecule has 1 aliphatic rings. The van der Waals surface area contributed by atoms with Gasteiger partial charge in [0.1, 0.15) is 43.2 Å². The first-order valence-corrected chi connectivity index (χ1v) is 24.0. The number of phosphoric ester groups is 1. The summed E-state index contributed by atoms with van der Waals surface area (Å²) in [7, 11) is -5.12. The summed E-state index contributed by atoms with van der Waals surface area (Å²) in [4.78, 5) is 35.6. The van der Waals surface area contributed by atoms with E-state index in [0.717, 1.165) is 96.3 Å². The van der Waals surface area contributed by atoms with Crippen molar-refractivity contribution in [2.45, 2.75) is 217 Å². The highest BCUT2D eigenvalue weighted by Crippen LogP contribution is 2.47. The van der Waals surface area contributed by atoms with E-state index in [2.05, 4.69) is 56.0 Å². The average Bonchev–Trinajstić information content (AvgIpc) is 3.21. The van der Waals surface area contributed by atoms with Crippen molar-refractivity contribution in [2.24, 2.45) is 0 Å². The van der Waals surface area contributed by atoms with Crippen molar-refractivity contribution in [3.63, 3.8) is 0 Å². The van der Waals surface area contributed by atoms with Gasteiger partial charge in [-0.15, -0.1) is 5.73 Å². The molecule has 0 heterocycles. The lowest BCUT2D eigenvalue weighted by atomic mass is 9.85. The highest BCUT2D eigenvalue weighted by molar-refractivity contribution is 7.47. The molecule has 13 nitrogen and oxygen atoms in total. The number of rotatable bonds is 36. The molecule has 1 fully saturated rings. The second kappa shape index (κ2) is 35.4. The van der Waals surface area contributed by atoms with E-state index in [9.17, 15) is 44.6 Å². The molecular formula is C45H79O13P. The highest BCUT2D eigenvalue weighted by Gasteiger charge is 2.51. The van der Waals surface area contributed by atoms with E-state index < -0.39 is 75.7 Å². The first-order chi connectivity index (χ1) is 28.4. The Labute approximate surface area is 354 Å². The van der Waals surface area contributed by atoms with Crippen LogP contribution in [0.15, 0.2) is 42.2 Å². The molecule has 3 unspecified atom stereocenters. The van der Waals surface area contributed by atoms with E-state index in [1.165, 1.54) is 38.5 Å². The number of unbranched alkanes of at least 4 members (excludes halogenated alkanes) is 18. The van der Waals surface area contributed by atoms with Crippen molar-refractivity contribution in [1.29, 1.82) is 0 Å². The normalized spacial score (nSPS) is 22.2. The number of aliphatic hydroxyl groups is 5. The fourth-order valence-corrected chi connectivity index (χ4v) is 7.53. The lowest BCUT2D eigenvalue weighted by molar-refractivity contribution is -0.220. The maximum Gasteiger partial charge on any atom is 0.472 e. The van der Waals surface area contributed by atoms with Gasteiger partial charge in [0.15, 0.2) is 6.10 Å². The van der Waals surface area contributed by atoms with Crippen molar-refractivity contribution in [1.82, 2.24) is 0 Å². The van der Waals surface area contributed by atoms with Crippen LogP contribution in [0.4, 0.5) is 0 Å². The zero-order valence-corrected chi connectivity index (χ0v) is 37.0. The van der Waals surface area contributed by atoms with Crippen molar-refractivity contribution in [3.05, 3.63) is 42.2 Å². The SMILES string of the molecule is CC/C=C/CCCC=C=CCCCCCCCC(=O)O[C@H](COC(=O)CCCCCCC/C=C/CCCCCCCC)COP(=O)(O)OC1[C@@H](O)[C@H](O)C(O)[C@H](O)[C@@H]1O. The summed E-state index contributed by atoms with van der Waals surface area (Å²) in [6, 6.07) is 0. The summed E-state index contributed by atoms with van der Waals surface area (Å²) >= 11 is 0. The van der Waals surface area contributed by atoms with E-state index in [-0.39, 0.29) is 12.8 Å². The number of allylic oxidation sites excluding steroid dienone is 5. The van der Waals surface area contributed by atoms with Crippen LogP contribution in [0.5, 0.6) is 0 Å². The number of hydrogen-bond donors (Lipinski definition) is 6. The maximum atomic E-state index is 12.8. The highest BCUT2D eigenvalue weighted by atomic mass is 31.2. The van der Waals surface area contributed by atoms with Gasteiger partial charge in [-0.3, -0.25) is 18.6 Å². The first kappa shape index (κ1) is 54.9. The number of carbonyl (C=O) groups excluding carboxylic acids is 2. The second-order valence-electron chi connectivity index (χ2n) is 15.6. The summed E-state index contributed by atoms with van der Waals surface area (Å²) in [5, 5.41) is 50.1. The van der Waals surface area contributed by atoms with Crippen LogP contribution >= 0.6 is 7.82 Å². The summed E-state index contributed by atoms with van der Waals surface area (Å²) in [6.45, 7) is 3.16. The molecule has 6 N–H and O–H groups in total. The number of esters is 2. The quantitative estimate of drug-likeness (QED) is 0.0115. The summed E-state index contributed by atoms with van der Waals surface area (Å²) in [6.07, 6.45) is 24.1. The fourth-order valence-electron chi connectivity index (χ4n) is 6.56. The van der Waals surface area contributed by atoms with Crippen LogP contribution in [-0.4, -0.2) is 98.3 Å². The predicted molar refractivity (Wildman–Crippen MR) is 229 cm³/mol. The van der Waals surface area contributed by atoms with Gasteiger partial charge in [-0.1, -0.05) is 109 Å². The van der Waals surface area contributed by atoms with E-state index in [1.54, 1.807) is 0 Å². The molecule has 0 spiro atoms. The van der Waals surface area contributed by atoms with Gasteiger partial charge in [0.2, 0.25) is 0 Å². The lowest BCUT2D eigenvalue weighted by Crippen LogP contribution is -2.64. The molecule has 59 heavy (non-hydrogen) atoms. The summed E-state index contributed by atoms with van der Waals surface area (Å²) in [5.41, 5.74) is 3.24. The predicted octanol–water partition coefficient (Wildman–Crippen LogP) is 8.38. The minimum atomic E-state index is -5.12. The molecular weight excluding hydrogens is 779 g/mol. The third kappa shape index (κ3) is 28.2. The van der Waals surface area contributed by atoms with E-state index >= 15 is 0 Å². The standard InChI is InChI=1S/C45H79O13P/c1-3-5-7-9-11-13-15-17-19-21-23-25-27-29-31-33-38(46)55-35-37(36-56-59(53,54)58-45-43(51)41(49)40(48)42(50)44(45)52)57-39(47)34-32-30-28-26-24-22-20-18-16-14-12-10-8-6-4-2/h6,8,16-17,19-20,37,40-45,48-52H,3-5,7,9-15,21-36H2,1-2H3,(H,53,54)/b8-6+,19-17+/t18?,37-,40?,41-,42+,43+,44+,45?/m1/s1. The number of ether oxygens (including phenoxy) is 2. The molecule has 342 valence electrons. The molecule has 0 bridgehead atoms. The summed E-state index contributed by atoms with van der Waals surface area (Å²) in [5.74, 6) is -1.13. The third-order valence-electron chi connectivity index (χ3n) is 10.2. The molecule has 1 aliphatic carbocycles. The first-order valence-electron chi connectivity index (χ1n) is 22.5. The number of carbonyl (C=O) groups is 2. The topological polar surface area (TPSA) is 210 Å². The second-order valence-corrected chi connectivity index (χ2v) is 17.0. The molecule has 0 saturated heterocycles. The van der Waals surface area contributed by atoms with Crippen molar-refractivity contribution >= 4 is 19.8 Å². The van der Waals surface area contributed by atoms with E-state index in [0.29, 0.717) is 12.8 Å². The monoisotopic (exact) mass is 859 g/mol. The molecule has 1 saturated carbocycles. The van der Waals surface area contributed by atoms with E-state index in [1.807, 2.05) is 0 Å². The van der Waals surface area contributed by atoms with Crippen LogP contribution in [0.2, 0.25) is 0 Å². The van der Waals surface area contributed by atoms with Gasteiger partial charge < -0.3 is 39.9 Å². The number of aliphatic hydroxyl groups excluding tert-OH is 5. The van der Waals surface area contributed by atoms with Crippen LogP contribution in [0.25, 0.3) is 0 Å². The van der Waals surface area contributed by atoms with Gasteiger partial charge in [0, 0.05) is 12.8 Å². The Hall–Kier alpha value is -2.15. The minimum absolute atomic E-state index is 0.0707. The van der Waals surface area contributed by atoms with Gasteiger partial charge in [0.25, 0.3) is 0 Å². The van der Waals surface area contributed by atoms with Crippen LogP contribution in [-0.2, 0) is 32.7 Å². The Morgan fingerprint density at radius 2 is 1.03 bits per heavy atom. The van der Waals surface area contributed by atoms with Gasteiger partial charge in [-0.05, 0) is 89.2 Å². The van der Waals surface area contributed by atoms with Gasteiger partial charge in [0.05, 0.1) is 6.61 Å². The van der Waals surface area contributed by atoms with Gasteiger partial charge in [-0.25, -0.2) is 4.57 Å². The fraction of sp³-hybridized carbons (Fsp3) is 0.800. The van der Waals surface area contributed by atoms with Crippen molar-refractivity contribution in [3.8, 4) is 0 Å². The molecule has 0 aromatic rings. The summed E-state index contributed by atoms with van der Waals surface area (Å²) < 4.78 is 33.5. The Balaban J connectivity index is 2.50. The van der Waals surface area contributed by atoms with Crippen LogP contribution in [0, 0.1) is 0 Å². The Bertz CT molecular complexity index is 1230. The Kier molecular flexibility index (Phi) is 33.0. The molecule has 14 heteroatoms. The van der Waals surface area contributed by atoms with Crippen LogP contribution < -0.4 is 0 Å². The molecule has 0 amide bonds. The molecule has 8 atom stereocenters. The zero-order valence-electron chi connectivity index (χ0n) is 36.1. The minimum Gasteiger partial charge on any atom is -0.462 e. The largest absolute Gasteiger partial charge is 0.472 e. The zero-order chi connectivity index (χ0) is 43.6. The average molecular weight is 859 g/mol. The van der Waals surface area contributed by atoms with Crippen molar-refractivity contribution < 1.29 is 63.1 Å². The number of phosphoric acid groups is 1. The molecule has 0 aromatic carbocycles. The van der Waals surface area contributed by atoms with E-state index in [4.69, 9.17) is 18.5 Å². The lowest BCUT2D eigenvalue weighted by Gasteiger charge is -2.41. The number of hydrogen-bond acceptors (Lipinski definition) is 12. The van der Waals surface area contributed by atoms with Crippen LogP contribution in [0.1, 0.15) is 174 Å². The van der Waals surface area contributed by atoms with Crippen molar-refractivity contribution in [2.75, 3.05) is 13.2 Å². The molecule has 0 aromatic heterocycles. The Morgan fingerprint density at radius 1 is 0.576 bits per heavy atom.